The van der Waals surface area contributed by atoms with Crippen LogP contribution in [0.15, 0.2) is 24.3 Å². The molecule has 5 heteroatoms. The number of nitrogens with one attached hydrogen (secondary N) is 1. The Balaban J connectivity index is 1.88. The predicted octanol–water partition coefficient (Wildman–Crippen LogP) is 2.84. The van der Waals surface area contributed by atoms with Gasteiger partial charge in [0.05, 0.1) is 11.6 Å². The van der Waals surface area contributed by atoms with Crippen molar-refractivity contribution in [2.24, 2.45) is 5.92 Å². The molecule has 112 valence electrons. The SMILES string of the molecule is CC(C)[C@@H]1CN(C(=O)NCc2cccc(C#N)c2)CCS1. The van der Waals surface area contributed by atoms with Crippen LogP contribution in [0.3, 0.4) is 0 Å². The first-order valence-corrected chi connectivity index (χ1v) is 8.28. The van der Waals surface area contributed by atoms with E-state index in [9.17, 15) is 4.79 Å². The van der Waals surface area contributed by atoms with Crippen molar-refractivity contribution in [3.63, 3.8) is 0 Å². The molecule has 4 nitrogen and oxygen atoms in total. The summed E-state index contributed by atoms with van der Waals surface area (Å²) in [6.45, 7) is 6.48. The van der Waals surface area contributed by atoms with E-state index in [2.05, 4.69) is 25.2 Å². The minimum Gasteiger partial charge on any atom is -0.334 e. The standard InChI is InChI=1S/C16H21N3OS/c1-12(2)15-11-19(6-7-21-15)16(20)18-10-14-5-3-4-13(8-14)9-17/h3-5,8,12,15H,6-7,10-11H2,1-2H3,(H,18,20)/t15-/m0/s1. The van der Waals surface area contributed by atoms with Crippen LogP contribution < -0.4 is 5.32 Å². The van der Waals surface area contributed by atoms with Crippen molar-refractivity contribution in [3.8, 4) is 6.07 Å². The third-order valence-corrected chi connectivity index (χ3v) is 5.16. The maximum Gasteiger partial charge on any atom is 0.317 e. The Labute approximate surface area is 130 Å². The number of carbonyl (C=O) groups is 1. The smallest absolute Gasteiger partial charge is 0.317 e. The molecule has 2 rings (SSSR count). The van der Waals surface area contributed by atoms with Gasteiger partial charge in [-0.15, -0.1) is 0 Å². The van der Waals surface area contributed by atoms with Crippen LogP contribution in [0.4, 0.5) is 4.79 Å². The fraction of sp³-hybridized carbons (Fsp3) is 0.500. The molecule has 1 atom stereocenters. The highest BCUT2D eigenvalue weighted by Crippen LogP contribution is 2.24. The molecule has 0 aliphatic carbocycles. The second-order valence-corrected chi connectivity index (χ2v) is 6.92. The summed E-state index contributed by atoms with van der Waals surface area (Å²) in [6, 6.07) is 9.43. The number of nitriles is 1. The zero-order chi connectivity index (χ0) is 15.2. The summed E-state index contributed by atoms with van der Waals surface area (Å²) in [5, 5.41) is 12.3. The molecule has 0 unspecified atom stereocenters. The number of thioether (sulfide) groups is 1. The molecular weight excluding hydrogens is 282 g/mol. The molecule has 1 heterocycles. The minimum absolute atomic E-state index is 0.0108. The molecule has 0 aromatic heterocycles. The molecule has 1 aliphatic rings. The second kappa shape index (κ2) is 7.37. The number of rotatable bonds is 3. The molecule has 21 heavy (non-hydrogen) atoms. The van der Waals surface area contributed by atoms with Crippen LogP contribution in [-0.2, 0) is 6.54 Å². The van der Waals surface area contributed by atoms with Crippen molar-refractivity contribution in [1.82, 2.24) is 10.2 Å². The quantitative estimate of drug-likeness (QED) is 0.934. The Hall–Kier alpha value is -1.67. The van der Waals surface area contributed by atoms with Gasteiger partial charge in [0.15, 0.2) is 0 Å². The van der Waals surface area contributed by atoms with E-state index in [4.69, 9.17) is 5.26 Å². The second-order valence-electron chi connectivity index (χ2n) is 5.57. The Bertz CT molecular complexity index is 539. The first-order valence-electron chi connectivity index (χ1n) is 7.23. The van der Waals surface area contributed by atoms with E-state index in [1.54, 1.807) is 6.07 Å². The summed E-state index contributed by atoms with van der Waals surface area (Å²) >= 11 is 1.95. The molecule has 1 fully saturated rings. The van der Waals surface area contributed by atoms with Crippen LogP contribution in [0.25, 0.3) is 0 Å². The zero-order valence-electron chi connectivity index (χ0n) is 12.5. The van der Waals surface area contributed by atoms with E-state index >= 15 is 0 Å². The maximum atomic E-state index is 12.2. The molecule has 0 spiro atoms. The number of amides is 2. The van der Waals surface area contributed by atoms with Crippen molar-refractivity contribution < 1.29 is 4.79 Å². The average Bonchev–Trinajstić information content (AvgIpc) is 2.53. The number of hydrogen-bond donors (Lipinski definition) is 1. The molecular formula is C16H21N3OS. The van der Waals surface area contributed by atoms with Crippen LogP contribution in [0.5, 0.6) is 0 Å². The molecule has 0 radical (unpaired) electrons. The average molecular weight is 303 g/mol. The Morgan fingerprint density at radius 3 is 3.10 bits per heavy atom. The summed E-state index contributed by atoms with van der Waals surface area (Å²) < 4.78 is 0. The van der Waals surface area contributed by atoms with Gasteiger partial charge in [-0.05, 0) is 23.6 Å². The molecule has 1 saturated heterocycles. The number of benzene rings is 1. The van der Waals surface area contributed by atoms with Crippen molar-refractivity contribution in [3.05, 3.63) is 35.4 Å². The number of nitrogens with zero attached hydrogens (tertiary/aromatic N) is 2. The van der Waals surface area contributed by atoms with Gasteiger partial charge < -0.3 is 10.2 Å². The van der Waals surface area contributed by atoms with Gasteiger partial charge in [0.2, 0.25) is 0 Å². The summed E-state index contributed by atoms with van der Waals surface area (Å²) in [5.41, 5.74) is 1.57. The Morgan fingerprint density at radius 2 is 2.38 bits per heavy atom. The van der Waals surface area contributed by atoms with Crippen LogP contribution in [0.1, 0.15) is 25.0 Å². The lowest BCUT2D eigenvalue weighted by Crippen LogP contribution is -2.47. The topological polar surface area (TPSA) is 56.1 Å². The van der Waals surface area contributed by atoms with Gasteiger partial charge in [0.1, 0.15) is 0 Å². The first-order chi connectivity index (χ1) is 10.1. The lowest BCUT2D eigenvalue weighted by Gasteiger charge is -2.34. The van der Waals surface area contributed by atoms with Crippen LogP contribution in [0.2, 0.25) is 0 Å². The van der Waals surface area contributed by atoms with Crippen molar-refractivity contribution in [1.29, 1.82) is 5.26 Å². The van der Waals surface area contributed by atoms with Gasteiger partial charge in [-0.1, -0.05) is 26.0 Å². The zero-order valence-corrected chi connectivity index (χ0v) is 13.3. The fourth-order valence-electron chi connectivity index (χ4n) is 2.30. The summed E-state index contributed by atoms with van der Waals surface area (Å²) in [6.07, 6.45) is 0. The third-order valence-electron chi connectivity index (χ3n) is 3.62. The third kappa shape index (κ3) is 4.40. The Morgan fingerprint density at radius 1 is 1.57 bits per heavy atom. The van der Waals surface area contributed by atoms with Gasteiger partial charge in [-0.2, -0.15) is 17.0 Å². The molecule has 1 aromatic rings. The highest BCUT2D eigenvalue weighted by Gasteiger charge is 2.25. The highest BCUT2D eigenvalue weighted by molar-refractivity contribution is 8.00. The predicted molar refractivity (Wildman–Crippen MR) is 86.0 cm³/mol. The van der Waals surface area contributed by atoms with Crippen molar-refractivity contribution in [2.45, 2.75) is 25.6 Å². The monoisotopic (exact) mass is 303 g/mol. The summed E-state index contributed by atoms with van der Waals surface area (Å²) in [4.78, 5) is 14.1. The van der Waals surface area contributed by atoms with E-state index in [-0.39, 0.29) is 6.03 Å². The molecule has 0 saturated carbocycles. The maximum absolute atomic E-state index is 12.2. The molecule has 2 amide bonds. The van der Waals surface area contributed by atoms with E-state index in [1.165, 1.54) is 0 Å². The van der Waals surface area contributed by atoms with E-state index in [1.807, 2.05) is 34.9 Å². The number of hydrogen-bond acceptors (Lipinski definition) is 3. The largest absolute Gasteiger partial charge is 0.334 e. The van der Waals surface area contributed by atoms with E-state index in [0.717, 1.165) is 24.4 Å². The number of carbonyl (C=O) groups excluding carboxylic acids is 1. The van der Waals surface area contributed by atoms with Crippen molar-refractivity contribution in [2.75, 3.05) is 18.8 Å². The minimum atomic E-state index is -0.0108. The molecule has 0 bridgehead atoms. The van der Waals surface area contributed by atoms with Crippen molar-refractivity contribution >= 4 is 17.8 Å². The summed E-state index contributed by atoms with van der Waals surface area (Å²) in [7, 11) is 0. The number of urea groups is 1. The fourth-order valence-corrected chi connectivity index (χ4v) is 3.60. The van der Waals surface area contributed by atoms with Crippen LogP contribution >= 0.6 is 11.8 Å². The first kappa shape index (κ1) is 15.7. The normalized spacial score (nSPS) is 18.4. The molecule has 1 N–H and O–H groups in total. The van der Waals surface area contributed by atoms with Gasteiger partial charge in [0.25, 0.3) is 0 Å². The molecule has 1 aliphatic heterocycles. The van der Waals surface area contributed by atoms with Crippen LogP contribution in [-0.4, -0.2) is 35.0 Å². The van der Waals surface area contributed by atoms with Gasteiger partial charge in [0, 0.05) is 30.6 Å². The lowest BCUT2D eigenvalue weighted by atomic mass is 10.1. The van der Waals surface area contributed by atoms with Gasteiger partial charge in [-0.25, -0.2) is 4.79 Å². The Kier molecular flexibility index (Phi) is 5.51. The highest BCUT2D eigenvalue weighted by atomic mass is 32.2. The van der Waals surface area contributed by atoms with E-state index in [0.29, 0.717) is 23.3 Å². The summed E-state index contributed by atoms with van der Waals surface area (Å²) in [5.74, 6) is 1.58. The van der Waals surface area contributed by atoms with Gasteiger partial charge >= 0.3 is 6.03 Å². The lowest BCUT2D eigenvalue weighted by molar-refractivity contribution is 0.196. The van der Waals surface area contributed by atoms with Crippen LogP contribution in [0, 0.1) is 17.2 Å². The molecule has 1 aromatic carbocycles. The van der Waals surface area contributed by atoms with E-state index < -0.39 is 0 Å². The van der Waals surface area contributed by atoms with Gasteiger partial charge in [-0.3, -0.25) is 0 Å².